The highest BCUT2D eigenvalue weighted by Gasteiger charge is 2.24. The number of nitrogens with zero attached hydrogens (tertiary/aromatic N) is 3. The third kappa shape index (κ3) is 4.51. The number of nitrogens with one attached hydrogen (secondary N) is 2. The number of hydrogen-bond donors (Lipinski definition) is 2. The number of halogens is 1. The van der Waals surface area contributed by atoms with Crippen LogP contribution >= 0.6 is 0 Å². The number of aromatic nitrogens is 3. The molecule has 1 aliphatic rings. The van der Waals surface area contributed by atoms with Crippen LogP contribution in [0.1, 0.15) is 18.7 Å². The molecule has 3 heterocycles. The Balaban J connectivity index is 1.57. The molecule has 1 fully saturated rings. The van der Waals surface area contributed by atoms with E-state index in [0.29, 0.717) is 28.5 Å². The second kappa shape index (κ2) is 8.53. The summed E-state index contributed by atoms with van der Waals surface area (Å²) in [6, 6.07) is 11.9. The van der Waals surface area contributed by atoms with Gasteiger partial charge in [0.15, 0.2) is 0 Å². The average Bonchev–Trinajstić information content (AvgIpc) is 3.17. The van der Waals surface area contributed by atoms with Crippen LogP contribution in [0.15, 0.2) is 48.7 Å². The SMILES string of the molecule is CN1CCC[C@@H](C(=O)NCc2nc(-c3cccc(F)c3)c(-c3ccccn3)[nH]2)C1. The molecule has 0 aliphatic carbocycles. The maximum atomic E-state index is 13.8. The fourth-order valence-corrected chi connectivity index (χ4v) is 3.74. The van der Waals surface area contributed by atoms with Gasteiger partial charge in [-0.1, -0.05) is 18.2 Å². The molecule has 6 nitrogen and oxygen atoms in total. The van der Waals surface area contributed by atoms with Crippen LogP contribution in [0.2, 0.25) is 0 Å². The number of amides is 1. The van der Waals surface area contributed by atoms with E-state index < -0.39 is 0 Å². The summed E-state index contributed by atoms with van der Waals surface area (Å²) >= 11 is 0. The molecule has 3 aromatic rings. The predicted molar refractivity (Wildman–Crippen MR) is 109 cm³/mol. The first kappa shape index (κ1) is 19.3. The molecule has 7 heteroatoms. The molecule has 2 N–H and O–H groups in total. The van der Waals surface area contributed by atoms with E-state index in [-0.39, 0.29) is 24.2 Å². The number of hydrogen-bond acceptors (Lipinski definition) is 4. The lowest BCUT2D eigenvalue weighted by Gasteiger charge is -2.28. The van der Waals surface area contributed by atoms with Crippen LogP contribution in [0.3, 0.4) is 0 Å². The van der Waals surface area contributed by atoms with E-state index in [1.165, 1.54) is 12.1 Å². The van der Waals surface area contributed by atoms with E-state index in [1.54, 1.807) is 12.3 Å². The molecule has 1 saturated heterocycles. The highest BCUT2D eigenvalue weighted by molar-refractivity contribution is 5.79. The number of carbonyl (C=O) groups is 1. The average molecular weight is 393 g/mol. The molecule has 0 radical (unpaired) electrons. The van der Waals surface area contributed by atoms with Crippen LogP contribution in [0, 0.1) is 11.7 Å². The number of imidazole rings is 1. The topological polar surface area (TPSA) is 73.9 Å². The summed E-state index contributed by atoms with van der Waals surface area (Å²) in [5, 5.41) is 2.99. The molecule has 1 aromatic carbocycles. The molecule has 1 aliphatic heterocycles. The first-order chi connectivity index (χ1) is 14.1. The number of H-pyrrole nitrogens is 1. The molecule has 2 aromatic heterocycles. The Labute approximate surface area is 169 Å². The van der Waals surface area contributed by atoms with Crippen molar-refractivity contribution in [1.29, 1.82) is 0 Å². The molecular formula is C22H24FN5O. The van der Waals surface area contributed by atoms with Gasteiger partial charge in [0, 0.05) is 18.3 Å². The molecule has 1 amide bonds. The molecule has 4 rings (SSSR count). The van der Waals surface area contributed by atoms with Crippen molar-refractivity contribution in [1.82, 2.24) is 25.2 Å². The third-order valence-corrected chi connectivity index (χ3v) is 5.20. The lowest BCUT2D eigenvalue weighted by molar-refractivity contribution is -0.126. The number of pyridine rings is 1. The smallest absolute Gasteiger partial charge is 0.224 e. The summed E-state index contributed by atoms with van der Waals surface area (Å²) in [5.74, 6) is 0.331. The zero-order chi connectivity index (χ0) is 20.2. The lowest BCUT2D eigenvalue weighted by Crippen LogP contribution is -2.41. The first-order valence-corrected chi connectivity index (χ1v) is 9.82. The minimum Gasteiger partial charge on any atom is -0.349 e. The minimum atomic E-state index is -0.325. The number of benzene rings is 1. The largest absolute Gasteiger partial charge is 0.349 e. The van der Waals surface area contributed by atoms with Gasteiger partial charge >= 0.3 is 0 Å². The third-order valence-electron chi connectivity index (χ3n) is 5.20. The van der Waals surface area contributed by atoms with Gasteiger partial charge < -0.3 is 15.2 Å². The van der Waals surface area contributed by atoms with Crippen molar-refractivity contribution in [3.05, 3.63) is 60.3 Å². The van der Waals surface area contributed by atoms with E-state index in [9.17, 15) is 9.18 Å². The van der Waals surface area contributed by atoms with Crippen molar-refractivity contribution < 1.29 is 9.18 Å². The van der Waals surface area contributed by atoms with Crippen molar-refractivity contribution >= 4 is 5.91 Å². The number of aromatic amines is 1. The molecule has 29 heavy (non-hydrogen) atoms. The van der Waals surface area contributed by atoms with E-state index in [1.807, 2.05) is 31.3 Å². The van der Waals surface area contributed by atoms with Gasteiger partial charge in [-0.05, 0) is 50.7 Å². The zero-order valence-electron chi connectivity index (χ0n) is 16.4. The summed E-state index contributed by atoms with van der Waals surface area (Å²) in [4.78, 5) is 27.0. The first-order valence-electron chi connectivity index (χ1n) is 9.82. The van der Waals surface area contributed by atoms with Crippen molar-refractivity contribution in [3.8, 4) is 22.6 Å². The highest BCUT2D eigenvalue weighted by Crippen LogP contribution is 2.29. The Kier molecular flexibility index (Phi) is 5.67. The predicted octanol–water partition coefficient (Wildman–Crippen LogP) is 3.24. The maximum Gasteiger partial charge on any atom is 0.224 e. The zero-order valence-corrected chi connectivity index (χ0v) is 16.4. The normalized spacial score (nSPS) is 17.2. The minimum absolute atomic E-state index is 0.00154. The summed E-state index contributed by atoms with van der Waals surface area (Å²) in [6.07, 6.45) is 3.64. The van der Waals surface area contributed by atoms with Gasteiger partial charge in [0.25, 0.3) is 0 Å². The van der Waals surface area contributed by atoms with Crippen LogP contribution in [0.5, 0.6) is 0 Å². The fraction of sp³-hybridized carbons (Fsp3) is 0.318. The van der Waals surface area contributed by atoms with Gasteiger partial charge in [0.05, 0.1) is 29.5 Å². The number of carbonyl (C=O) groups excluding carboxylic acids is 1. The monoisotopic (exact) mass is 393 g/mol. The van der Waals surface area contributed by atoms with Gasteiger partial charge in [-0.3, -0.25) is 9.78 Å². The van der Waals surface area contributed by atoms with Crippen molar-refractivity contribution in [2.24, 2.45) is 5.92 Å². The van der Waals surface area contributed by atoms with Gasteiger partial charge in [-0.25, -0.2) is 9.37 Å². The van der Waals surface area contributed by atoms with Gasteiger partial charge in [-0.2, -0.15) is 0 Å². The fourth-order valence-electron chi connectivity index (χ4n) is 3.74. The summed E-state index contributed by atoms with van der Waals surface area (Å²) in [7, 11) is 2.04. The lowest BCUT2D eigenvalue weighted by atomic mass is 9.98. The number of rotatable bonds is 5. The standard InChI is InChI=1S/C22H24FN5O/c1-28-11-5-7-16(14-28)22(29)25-13-19-26-20(15-6-4-8-17(23)12-15)21(27-19)18-9-2-3-10-24-18/h2-4,6,8-10,12,16H,5,7,11,13-14H2,1H3,(H,25,29)(H,26,27)/t16-/m1/s1. The maximum absolute atomic E-state index is 13.8. The summed E-state index contributed by atoms with van der Waals surface area (Å²) in [6.45, 7) is 2.10. The van der Waals surface area contributed by atoms with Crippen molar-refractivity contribution in [3.63, 3.8) is 0 Å². The summed E-state index contributed by atoms with van der Waals surface area (Å²) < 4.78 is 13.8. The highest BCUT2D eigenvalue weighted by atomic mass is 19.1. The Morgan fingerprint density at radius 2 is 2.21 bits per heavy atom. The molecule has 150 valence electrons. The molecule has 0 unspecified atom stereocenters. The van der Waals surface area contributed by atoms with E-state index in [0.717, 1.165) is 25.9 Å². The van der Waals surface area contributed by atoms with Crippen molar-refractivity contribution in [2.45, 2.75) is 19.4 Å². The Morgan fingerprint density at radius 1 is 1.31 bits per heavy atom. The Morgan fingerprint density at radius 3 is 2.97 bits per heavy atom. The molecule has 0 saturated carbocycles. The van der Waals surface area contributed by atoms with Gasteiger partial charge in [-0.15, -0.1) is 0 Å². The van der Waals surface area contributed by atoms with Crippen LogP contribution < -0.4 is 5.32 Å². The Bertz CT molecular complexity index is 988. The molecular weight excluding hydrogens is 369 g/mol. The molecule has 0 bridgehead atoms. The second-order valence-electron chi connectivity index (χ2n) is 7.45. The van der Waals surface area contributed by atoms with Gasteiger partial charge in [0.2, 0.25) is 5.91 Å². The van der Waals surface area contributed by atoms with E-state index in [4.69, 9.17) is 0 Å². The van der Waals surface area contributed by atoms with E-state index >= 15 is 0 Å². The van der Waals surface area contributed by atoms with Gasteiger partial charge in [0.1, 0.15) is 11.6 Å². The van der Waals surface area contributed by atoms with Crippen LogP contribution in [0.25, 0.3) is 22.6 Å². The number of piperidine rings is 1. The quantitative estimate of drug-likeness (QED) is 0.698. The number of likely N-dealkylation sites (tertiary alicyclic amines) is 1. The molecule has 1 atom stereocenters. The second-order valence-corrected chi connectivity index (χ2v) is 7.45. The van der Waals surface area contributed by atoms with E-state index in [2.05, 4.69) is 25.2 Å². The molecule has 0 spiro atoms. The summed E-state index contributed by atoms with van der Waals surface area (Å²) in [5.41, 5.74) is 2.70. The van der Waals surface area contributed by atoms with Crippen LogP contribution in [0.4, 0.5) is 4.39 Å². The Hall–Kier alpha value is -3.06. The van der Waals surface area contributed by atoms with Crippen LogP contribution in [-0.2, 0) is 11.3 Å². The van der Waals surface area contributed by atoms with Crippen molar-refractivity contribution in [2.75, 3.05) is 20.1 Å². The van der Waals surface area contributed by atoms with Crippen LogP contribution in [-0.4, -0.2) is 45.9 Å².